The molecule has 1 N–H and O–H groups in total. The molecule has 3 rings (SSSR count). The standard InChI is InChI=1S/C21H32N6O3S/c1-14-9-19(10-15(2)22-14)11-18-7-8-26(13-18)16(3)20-12-21(23-17(4)28)27(24-20)31(29,30)25(5)6/h9-10,12,16,18H,7-8,11,13H2,1-6H3,(H,23,28)/t16?,18-/m0/s1. The van der Waals surface area contributed by atoms with Crippen molar-refractivity contribution in [2.24, 2.45) is 5.92 Å². The maximum absolute atomic E-state index is 12.7. The zero-order valence-electron chi connectivity index (χ0n) is 19.1. The minimum absolute atomic E-state index is 0.0722. The Morgan fingerprint density at radius 3 is 2.48 bits per heavy atom. The molecule has 3 heterocycles. The number of anilines is 1. The minimum Gasteiger partial charge on any atom is -0.310 e. The monoisotopic (exact) mass is 448 g/mol. The lowest BCUT2D eigenvalue weighted by molar-refractivity contribution is -0.114. The minimum atomic E-state index is -3.85. The summed E-state index contributed by atoms with van der Waals surface area (Å²) in [5, 5.41) is 6.94. The van der Waals surface area contributed by atoms with E-state index < -0.39 is 10.2 Å². The highest BCUT2D eigenvalue weighted by Gasteiger charge is 2.31. The highest BCUT2D eigenvalue weighted by atomic mass is 32.2. The molecule has 0 aromatic carbocycles. The summed E-state index contributed by atoms with van der Waals surface area (Å²) in [6.07, 6.45) is 2.06. The molecule has 1 aliphatic heterocycles. The maximum Gasteiger partial charge on any atom is 0.324 e. The number of hydrogen-bond acceptors (Lipinski definition) is 6. The summed E-state index contributed by atoms with van der Waals surface area (Å²) in [5.74, 6) is 0.325. The van der Waals surface area contributed by atoms with Gasteiger partial charge in [-0.15, -0.1) is 4.09 Å². The van der Waals surface area contributed by atoms with Crippen LogP contribution in [-0.4, -0.2) is 64.9 Å². The lowest BCUT2D eigenvalue weighted by atomic mass is 9.98. The summed E-state index contributed by atoms with van der Waals surface area (Å²) in [4.78, 5) is 18.4. The molecule has 2 aromatic heterocycles. The van der Waals surface area contributed by atoms with E-state index in [2.05, 4.69) is 32.4 Å². The Hall–Kier alpha value is -2.30. The van der Waals surface area contributed by atoms with E-state index in [0.717, 1.165) is 45.7 Å². The molecule has 1 amide bonds. The molecule has 0 spiro atoms. The second kappa shape index (κ2) is 9.05. The number of rotatable bonds is 7. The van der Waals surface area contributed by atoms with Crippen molar-refractivity contribution in [1.29, 1.82) is 0 Å². The topological polar surface area (TPSA) is 100 Å². The Morgan fingerprint density at radius 2 is 1.90 bits per heavy atom. The molecule has 1 aliphatic rings. The molecule has 1 saturated heterocycles. The van der Waals surface area contributed by atoms with Crippen molar-refractivity contribution in [1.82, 2.24) is 23.4 Å². The van der Waals surface area contributed by atoms with Crippen molar-refractivity contribution >= 4 is 21.9 Å². The van der Waals surface area contributed by atoms with Crippen LogP contribution in [0, 0.1) is 19.8 Å². The van der Waals surface area contributed by atoms with E-state index in [1.807, 2.05) is 20.8 Å². The Labute approximate surface area is 184 Å². The van der Waals surface area contributed by atoms with E-state index in [-0.39, 0.29) is 17.8 Å². The molecule has 1 unspecified atom stereocenters. The number of carbonyl (C=O) groups is 1. The summed E-state index contributed by atoms with van der Waals surface area (Å²) in [6, 6.07) is 5.87. The van der Waals surface area contributed by atoms with Gasteiger partial charge in [-0.1, -0.05) is 0 Å². The average Bonchev–Trinajstić information content (AvgIpc) is 3.27. The lowest BCUT2D eigenvalue weighted by Gasteiger charge is -2.23. The van der Waals surface area contributed by atoms with Gasteiger partial charge in [-0.25, -0.2) is 0 Å². The average molecular weight is 449 g/mol. The van der Waals surface area contributed by atoms with E-state index in [0.29, 0.717) is 11.6 Å². The molecule has 31 heavy (non-hydrogen) atoms. The van der Waals surface area contributed by atoms with E-state index in [1.54, 1.807) is 6.07 Å². The summed E-state index contributed by atoms with van der Waals surface area (Å²) >= 11 is 0. The third-order valence-corrected chi connectivity index (χ3v) is 7.28. The highest BCUT2D eigenvalue weighted by Crippen LogP contribution is 2.30. The number of pyridine rings is 1. The van der Waals surface area contributed by atoms with Gasteiger partial charge in [-0.05, 0) is 63.8 Å². The largest absolute Gasteiger partial charge is 0.324 e. The predicted octanol–water partition coefficient (Wildman–Crippen LogP) is 2.13. The van der Waals surface area contributed by atoms with Gasteiger partial charge >= 0.3 is 10.2 Å². The van der Waals surface area contributed by atoms with E-state index in [1.165, 1.54) is 26.6 Å². The quantitative estimate of drug-likeness (QED) is 0.696. The second-order valence-electron chi connectivity index (χ2n) is 8.56. The van der Waals surface area contributed by atoms with E-state index in [9.17, 15) is 13.2 Å². The van der Waals surface area contributed by atoms with Crippen LogP contribution in [0.4, 0.5) is 5.82 Å². The van der Waals surface area contributed by atoms with Gasteiger partial charge in [0.05, 0.1) is 11.7 Å². The number of amides is 1. The number of aryl methyl sites for hydroxylation is 2. The molecule has 2 aromatic rings. The number of likely N-dealkylation sites (tertiary alicyclic amines) is 1. The van der Waals surface area contributed by atoms with Crippen LogP contribution in [0.1, 0.15) is 49.0 Å². The van der Waals surface area contributed by atoms with Gasteiger partial charge in [0.2, 0.25) is 5.91 Å². The van der Waals surface area contributed by atoms with Crippen molar-refractivity contribution in [2.45, 2.75) is 46.6 Å². The Balaban J connectivity index is 1.77. The molecule has 0 bridgehead atoms. The molecule has 2 atom stereocenters. The number of carbonyl (C=O) groups excluding carboxylic acids is 1. The lowest BCUT2D eigenvalue weighted by Crippen LogP contribution is -2.31. The Kier molecular flexibility index (Phi) is 6.82. The molecule has 9 nitrogen and oxygen atoms in total. The maximum atomic E-state index is 12.7. The van der Waals surface area contributed by atoms with E-state index >= 15 is 0 Å². The third-order valence-electron chi connectivity index (χ3n) is 5.64. The number of aromatic nitrogens is 3. The van der Waals surface area contributed by atoms with Crippen LogP contribution in [0.15, 0.2) is 18.2 Å². The number of nitrogens with one attached hydrogen (secondary N) is 1. The summed E-state index contributed by atoms with van der Waals surface area (Å²) in [6.45, 7) is 9.22. The van der Waals surface area contributed by atoms with Crippen molar-refractivity contribution in [3.8, 4) is 0 Å². The molecule has 0 radical (unpaired) electrons. The molecule has 170 valence electrons. The van der Waals surface area contributed by atoms with Gasteiger partial charge in [-0.2, -0.15) is 17.8 Å². The summed E-state index contributed by atoms with van der Waals surface area (Å²) < 4.78 is 27.3. The van der Waals surface area contributed by atoms with Crippen LogP contribution in [-0.2, 0) is 21.4 Å². The normalized spacial score (nSPS) is 18.5. The van der Waals surface area contributed by atoms with Gasteiger partial charge in [0.1, 0.15) is 5.82 Å². The van der Waals surface area contributed by atoms with Crippen molar-refractivity contribution in [3.63, 3.8) is 0 Å². The van der Waals surface area contributed by atoms with Gasteiger partial charge in [-0.3, -0.25) is 14.7 Å². The Bertz CT molecular complexity index is 1040. The first-order valence-electron chi connectivity index (χ1n) is 10.5. The fraction of sp³-hybridized carbons (Fsp3) is 0.571. The van der Waals surface area contributed by atoms with Crippen molar-refractivity contribution in [3.05, 3.63) is 40.8 Å². The molecule has 1 fully saturated rings. The van der Waals surface area contributed by atoms with Gasteiger partial charge in [0.25, 0.3) is 0 Å². The van der Waals surface area contributed by atoms with Crippen LogP contribution in [0.2, 0.25) is 0 Å². The zero-order chi connectivity index (χ0) is 22.9. The number of nitrogens with zero attached hydrogens (tertiary/aromatic N) is 5. The third kappa shape index (κ3) is 5.31. The van der Waals surface area contributed by atoms with Crippen molar-refractivity contribution < 1.29 is 13.2 Å². The first kappa shape index (κ1) is 23.4. The fourth-order valence-electron chi connectivity index (χ4n) is 4.12. The first-order valence-corrected chi connectivity index (χ1v) is 11.9. The molecule has 0 saturated carbocycles. The Morgan fingerprint density at radius 1 is 1.26 bits per heavy atom. The first-order chi connectivity index (χ1) is 14.5. The molecule has 10 heteroatoms. The SMILES string of the molecule is CC(=O)Nc1cc(C(C)N2CC[C@@H](Cc3cc(C)nc(C)c3)C2)nn1S(=O)(=O)N(C)C. The second-order valence-corrected chi connectivity index (χ2v) is 10.5. The van der Waals surface area contributed by atoms with Crippen LogP contribution in [0.3, 0.4) is 0 Å². The summed E-state index contributed by atoms with van der Waals surface area (Å²) in [7, 11) is -0.978. The molecular weight excluding hydrogens is 416 g/mol. The van der Waals surface area contributed by atoms with Crippen LogP contribution < -0.4 is 5.32 Å². The fourth-order valence-corrected chi connectivity index (χ4v) is 4.98. The zero-order valence-corrected chi connectivity index (χ0v) is 19.9. The van der Waals surface area contributed by atoms with Crippen LogP contribution in [0.5, 0.6) is 0 Å². The van der Waals surface area contributed by atoms with Gasteiger partial charge in [0, 0.05) is 45.0 Å². The number of hydrogen-bond donors (Lipinski definition) is 1. The predicted molar refractivity (Wildman–Crippen MR) is 120 cm³/mol. The van der Waals surface area contributed by atoms with Crippen LogP contribution in [0.25, 0.3) is 0 Å². The van der Waals surface area contributed by atoms with Gasteiger partial charge in [0.15, 0.2) is 0 Å². The van der Waals surface area contributed by atoms with E-state index in [4.69, 9.17) is 0 Å². The summed E-state index contributed by atoms with van der Waals surface area (Å²) in [5.41, 5.74) is 4.00. The van der Waals surface area contributed by atoms with Crippen molar-refractivity contribution in [2.75, 3.05) is 32.5 Å². The molecular formula is C21H32N6O3S. The van der Waals surface area contributed by atoms with Gasteiger partial charge < -0.3 is 5.32 Å². The molecule has 0 aliphatic carbocycles. The highest BCUT2D eigenvalue weighted by molar-refractivity contribution is 7.87. The van der Waals surface area contributed by atoms with Crippen LogP contribution >= 0.6 is 0 Å². The smallest absolute Gasteiger partial charge is 0.310 e.